The third kappa shape index (κ3) is 3.52. The van der Waals surface area contributed by atoms with Crippen LogP contribution in [0.15, 0.2) is 48.8 Å². The number of carbonyl (C=O) groups is 1. The molecular weight excluding hydrogens is 292 g/mol. The maximum absolute atomic E-state index is 12.0. The van der Waals surface area contributed by atoms with Crippen LogP contribution < -0.4 is 10.6 Å². The number of urea groups is 1. The molecule has 7 nitrogen and oxygen atoms in total. The van der Waals surface area contributed by atoms with E-state index in [4.69, 9.17) is 0 Å². The molecule has 2 N–H and O–H groups in total. The van der Waals surface area contributed by atoms with E-state index in [0.717, 1.165) is 11.4 Å². The molecule has 2 amide bonds. The van der Waals surface area contributed by atoms with Crippen LogP contribution in [0.1, 0.15) is 11.4 Å². The summed E-state index contributed by atoms with van der Waals surface area (Å²) >= 11 is 0. The van der Waals surface area contributed by atoms with Gasteiger partial charge in [0.15, 0.2) is 5.82 Å². The van der Waals surface area contributed by atoms with E-state index in [2.05, 4.69) is 25.7 Å². The molecule has 0 atom stereocenters. The number of carbonyl (C=O) groups excluding carboxylic acids is 1. The van der Waals surface area contributed by atoms with Crippen LogP contribution in [0.2, 0.25) is 0 Å². The van der Waals surface area contributed by atoms with Gasteiger partial charge in [-0.3, -0.25) is 5.32 Å². The van der Waals surface area contributed by atoms with E-state index < -0.39 is 0 Å². The van der Waals surface area contributed by atoms with Gasteiger partial charge in [-0.2, -0.15) is 5.10 Å². The normalized spacial score (nSPS) is 10.3. The molecule has 0 spiro atoms. The molecule has 0 aliphatic carbocycles. The van der Waals surface area contributed by atoms with Crippen LogP contribution in [-0.2, 0) is 0 Å². The van der Waals surface area contributed by atoms with Gasteiger partial charge in [-0.05, 0) is 32.0 Å². The third-order valence-electron chi connectivity index (χ3n) is 3.15. The number of nitrogens with one attached hydrogen (secondary N) is 2. The quantitative estimate of drug-likeness (QED) is 0.779. The minimum Gasteiger partial charge on any atom is -0.308 e. The van der Waals surface area contributed by atoms with Crippen LogP contribution in [0, 0.1) is 13.8 Å². The molecule has 0 aliphatic heterocycles. The Morgan fingerprint density at radius 3 is 2.52 bits per heavy atom. The van der Waals surface area contributed by atoms with Gasteiger partial charge in [0.1, 0.15) is 12.1 Å². The highest BCUT2D eigenvalue weighted by molar-refractivity contribution is 5.99. The van der Waals surface area contributed by atoms with Crippen molar-refractivity contribution in [2.75, 3.05) is 10.6 Å². The SMILES string of the molecule is Cc1cc(C)n(-c2cc(NC(=O)Nc3ccccc3)ncn2)n1. The summed E-state index contributed by atoms with van der Waals surface area (Å²) in [5, 5.41) is 9.78. The highest BCUT2D eigenvalue weighted by atomic mass is 16.2. The summed E-state index contributed by atoms with van der Waals surface area (Å²) in [5.74, 6) is 0.997. The lowest BCUT2D eigenvalue weighted by Crippen LogP contribution is -2.20. The fourth-order valence-electron chi connectivity index (χ4n) is 2.19. The molecule has 2 heterocycles. The molecule has 1 aromatic carbocycles. The number of hydrogen-bond acceptors (Lipinski definition) is 4. The van der Waals surface area contributed by atoms with Crippen LogP contribution in [0.3, 0.4) is 0 Å². The summed E-state index contributed by atoms with van der Waals surface area (Å²) in [6, 6.07) is 12.5. The minimum absolute atomic E-state index is 0.366. The number of benzene rings is 1. The monoisotopic (exact) mass is 308 g/mol. The second-order valence-electron chi connectivity index (χ2n) is 5.05. The first-order chi connectivity index (χ1) is 11.1. The van der Waals surface area contributed by atoms with Crippen molar-refractivity contribution in [2.45, 2.75) is 13.8 Å². The van der Waals surface area contributed by atoms with Crippen molar-refractivity contribution in [2.24, 2.45) is 0 Å². The molecule has 7 heteroatoms. The van der Waals surface area contributed by atoms with Gasteiger partial charge in [0, 0.05) is 17.4 Å². The van der Waals surface area contributed by atoms with E-state index in [1.807, 2.05) is 38.1 Å². The number of anilines is 2. The zero-order valence-corrected chi connectivity index (χ0v) is 12.8. The van der Waals surface area contributed by atoms with E-state index in [0.29, 0.717) is 17.3 Å². The summed E-state index contributed by atoms with van der Waals surface area (Å²) in [6.07, 6.45) is 1.39. The zero-order valence-electron chi connectivity index (χ0n) is 12.8. The van der Waals surface area contributed by atoms with Crippen molar-refractivity contribution in [3.05, 3.63) is 60.2 Å². The number of para-hydroxylation sites is 1. The Balaban J connectivity index is 1.75. The summed E-state index contributed by atoms with van der Waals surface area (Å²) in [4.78, 5) is 20.2. The van der Waals surface area contributed by atoms with Gasteiger partial charge in [0.25, 0.3) is 0 Å². The smallest absolute Gasteiger partial charge is 0.308 e. The first kappa shape index (κ1) is 14.7. The summed E-state index contributed by atoms with van der Waals surface area (Å²) < 4.78 is 1.71. The lowest BCUT2D eigenvalue weighted by molar-refractivity contribution is 0.262. The first-order valence-electron chi connectivity index (χ1n) is 7.10. The third-order valence-corrected chi connectivity index (χ3v) is 3.15. The Morgan fingerprint density at radius 1 is 1.04 bits per heavy atom. The Hall–Kier alpha value is -3.22. The molecule has 0 saturated heterocycles. The highest BCUT2D eigenvalue weighted by Gasteiger charge is 2.08. The van der Waals surface area contributed by atoms with E-state index >= 15 is 0 Å². The van der Waals surface area contributed by atoms with Crippen molar-refractivity contribution in [1.82, 2.24) is 19.7 Å². The van der Waals surface area contributed by atoms with E-state index in [1.54, 1.807) is 22.9 Å². The van der Waals surface area contributed by atoms with Crippen molar-refractivity contribution in [3.63, 3.8) is 0 Å². The van der Waals surface area contributed by atoms with Crippen molar-refractivity contribution < 1.29 is 4.79 Å². The molecular formula is C16H16N6O. The van der Waals surface area contributed by atoms with Crippen LogP contribution in [-0.4, -0.2) is 25.8 Å². The van der Waals surface area contributed by atoms with Gasteiger partial charge in [-0.25, -0.2) is 19.4 Å². The molecule has 0 aliphatic rings. The van der Waals surface area contributed by atoms with Crippen molar-refractivity contribution >= 4 is 17.5 Å². The lowest BCUT2D eigenvalue weighted by Gasteiger charge is -2.08. The Morgan fingerprint density at radius 2 is 1.83 bits per heavy atom. The molecule has 0 bridgehead atoms. The molecule has 0 unspecified atom stereocenters. The number of aryl methyl sites for hydroxylation is 2. The second kappa shape index (κ2) is 6.27. The fourth-order valence-corrected chi connectivity index (χ4v) is 2.19. The molecule has 116 valence electrons. The Bertz CT molecular complexity index is 828. The van der Waals surface area contributed by atoms with Gasteiger partial charge in [0.2, 0.25) is 0 Å². The molecule has 0 saturated carbocycles. The maximum atomic E-state index is 12.0. The van der Waals surface area contributed by atoms with E-state index in [9.17, 15) is 4.79 Å². The molecule has 3 aromatic rings. The van der Waals surface area contributed by atoms with Crippen LogP contribution in [0.4, 0.5) is 16.3 Å². The number of nitrogens with zero attached hydrogens (tertiary/aromatic N) is 4. The number of aromatic nitrogens is 4. The molecule has 0 radical (unpaired) electrons. The summed E-state index contributed by atoms with van der Waals surface area (Å²) in [7, 11) is 0. The molecule has 2 aromatic heterocycles. The standard InChI is InChI=1S/C16H16N6O/c1-11-8-12(2)22(21-11)15-9-14(17-10-18-15)20-16(23)19-13-6-4-3-5-7-13/h3-10H,1-2H3,(H2,17,18,19,20,23). The van der Waals surface area contributed by atoms with Crippen molar-refractivity contribution in [3.8, 4) is 5.82 Å². The molecule has 23 heavy (non-hydrogen) atoms. The van der Waals surface area contributed by atoms with Crippen LogP contribution in [0.5, 0.6) is 0 Å². The summed E-state index contributed by atoms with van der Waals surface area (Å²) in [5.41, 5.74) is 2.57. The number of rotatable bonds is 3. The number of hydrogen-bond donors (Lipinski definition) is 2. The predicted octanol–water partition coefficient (Wildman–Crippen LogP) is 2.92. The fraction of sp³-hybridized carbons (Fsp3) is 0.125. The maximum Gasteiger partial charge on any atom is 0.324 e. The van der Waals surface area contributed by atoms with Gasteiger partial charge in [0.05, 0.1) is 5.69 Å². The van der Waals surface area contributed by atoms with Gasteiger partial charge in [-0.15, -0.1) is 0 Å². The van der Waals surface area contributed by atoms with Crippen LogP contribution >= 0.6 is 0 Å². The van der Waals surface area contributed by atoms with Gasteiger partial charge in [-0.1, -0.05) is 18.2 Å². The Kier molecular flexibility index (Phi) is 4.01. The van der Waals surface area contributed by atoms with Crippen LogP contribution in [0.25, 0.3) is 5.82 Å². The average molecular weight is 308 g/mol. The minimum atomic E-state index is -0.366. The molecule has 0 fully saturated rings. The first-order valence-corrected chi connectivity index (χ1v) is 7.10. The van der Waals surface area contributed by atoms with Gasteiger partial charge < -0.3 is 5.32 Å². The number of amides is 2. The summed E-state index contributed by atoms with van der Waals surface area (Å²) in [6.45, 7) is 3.86. The largest absolute Gasteiger partial charge is 0.324 e. The topological polar surface area (TPSA) is 84.7 Å². The second-order valence-corrected chi connectivity index (χ2v) is 5.05. The average Bonchev–Trinajstić information content (AvgIpc) is 2.87. The lowest BCUT2D eigenvalue weighted by atomic mass is 10.3. The predicted molar refractivity (Wildman–Crippen MR) is 87.7 cm³/mol. The highest BCUT2D eigenvalue weighted by Crippen LogP contribution is 2.13. The molecule has 3 rings (SSSR count). The van der Waals surface area contributed by atoms with Crippen molar-refractivity contribution in [1.29, 1.82) is 0 Å². The Labute approximate surface area is 133 Å². The zero-order chi connectivity index (χ0) is 16.2. The van der Waals surface area contributed by atoms with Gasteiger partial charge >= 0.3 is 6.03 Å². The van der Waals surface area contributed by atoms with E-state index in [1.165, 1.54) is 6.33 Å². The van der Waals surface area contributed by atoms with E-state index in [-0.39, 0.29) is 6.03 Å².